The van der Waals surface area contributed by atoms with E-state index in [4.69, 9.17) is 51.5 Å². The minimum atomic E-state index is -0.325. The first-order valence-electron chi connectivity index (χ1n) is 12.6. The van der Waals surface area contributed by atoms with Gasteiger partial charge in [-0.2, -0.15) is 5.10 Å². The van der Waals surface area contributed by atoms with Crippen molar-refractivity contribution in [2.75, 3.05) is 6.67 Å². The first-order chi connectivity index (χ1) is 18.9. The molecule has 5 aromatic rings. The highest BCUT2D eigenvalue weighted by atomic mass is 35.5. The standard InChI is InChI=1S/C29H22Cl4FN5/c30-19-7-10-26(23(32)14-19)38-16-25(35-37-38)28-22-5-1-4-18-13-17(3-2-12-34)6-9-21(18)29(22)39(36-28)27-11-8-20(31)15-24(27)33/h6-11,13-16H,1-5,12H2. The molecule has 39 heavy (non-hydrogen) atoms. The maximum absolute atomic E-state index is 12.8. The van der Waals surface area contributed by atoms with Gasteiger partial charge in [-0.25, -0.2) is 9.36 Å². The zero-order valence-corrected chi connectivity index (χ0v) is 23.7. The molecule has 0 amide bonds. The van der Waals surface area contributed by atoms with Crippen LogP contribution >= 0.6 is 46.4 Å². The van der Waals surface area contributed by atoms with Crippen molar-refractivity contribution in [2.45, 2.75) is 32.1 Å². The van der Waals surface area contributed by atoms with Crippen LogP contribution in [0, 0.1) is 0 Å². The molecule has 0 saturated carbocycles. The molecule has 2 aromatic heterocycles. The summed E-state index contributed by atoms with van der Waals surface area (Å²) in [6, 6.07) is 17.0. The molecule has 3 aromatic carbocycles. The normalized spacial score (nSPS) is 12.7. The predicted molar refractivity (Wildman–Crippen MR) is 156 cm³/mol. The molecule has 0 unspecified atom stereocenters. The Bertz CT molecular complexity index is 1690. The van der Waals surface area contributed by atoms with Gasteiger partial charge in [0, 0.05) is 21.2 Å². The van der Waals surface area contributed by atoms with Crippen LogP contribution < -0.4 is 0 Å². The fourth-order valence-electron chi connectivity index (χ4n) is 5.12. The number of benzene rings is 3. The SMILES string of the molecule is FCCCc1ccc2c(c1)CCCc1c(-c3cn(-c4ccc(Cl)cc4Cl)nn3)nn(-c3ccc(Cl)cc3Cl)c1-2. The lowest BCUT2D eigenvalue weighted by molar-refractivity contribution is 0.473. The van der Waals surface area contributed by atoms with E-state index in [1.54, 1.807) is 35.0 Å². The second-order valence-electron chi connectivity index (χ2n) is 9.46. The van der Waals surface area contributed by atoms with Crippen LogP contribution in [-0.4, -0.2) is 31.4 Å². The van der Waals surface area contributed by atoms with Gasteiger partial charge in [0.2, 0.25) is 0 Å². The van der Waals surface area contributed by atoms with Gasteiger partial charge in [-0.3, -0.25) is 4.39 Å². The van der Waals surface area contributed by atoms with Crippen molar-refractivity contribution in [1.82, 2.24) is 24.8 Å². The number of nitrogens with zero attached hydrogens (tertiary/aromatic N) is 5. The molecule has 2 heterocycles. The van der Waals surface area contributed by atoms with Crippen molar-refractivity contribution in [3.05, 3.63) is 97.6 Å². The first-order valence-corrected chi connectivity index (χ1v) is 14.1. The van der Waals surface area contributed by atoms with Crippen LogP contribution in [-0.2, 0) is 19.3 Å². The summed E-state index contributed by atoms with van der Waals surface area (Å²) >= 11 is 25.4. The van der Waals surface area contributed by atoms with Gasteiger partial charge in [-0.1, -0.05) is 69.8 Å². The maximum Gasteiger partial charge on any atom is 0.134 e. The minimum absolute atomic E-state index is 0.325. The van der Waals surface area contributed by atoms with E-state index in [1.807, 2.05) is 16.9 Å². The lowest BCUT2D eigenvalue weighted by Gasteiger charge is -2.14. The molecule has 0 atom stereocenters. The van der Waals surface area contributed by atoms with Crippen molar-refractivity contribution in [3.8, 4) is 34.0 Å². The maximum atomic E-state index is 12.8. The Hall–Kier alpha value is -2.90. The monoisotopic (exact) mass is 599 g/mol. The summed E-state index contributed by atoms with van der Waals surface area (Å²) in [4.78, 5) is 0. The molecule has 0 N–H and O–H groups in total. The van der Waals surface area contributed by atoms with Crippen molar-refractivity contribution < 1.29 is 4.39 Å². The zero-order valence-electron chi connectivity index (χ0n) is 20.6. The molecule has 1 aliphatic carbocycles. The molecule has 10 heteroatoms. The Kier molecular flexibility index (Phi) is 7.38. The van der Waals surface area contributed by atoms with Gasteiger partial charge in [-0.15, -0.1) is 5.10 Å². The number of alkyl halides is 1. The lowest BCUT2D eigenvalue weighted by atomic mass is 9.97. The summed E-state index contributed by atoms with van der Waals surface area (Å²) in [5, 5.41) is 15.9. The highest BCUT2D eigenvalue weighted by Crippen LogP contribution is 2.41. The number of aryl methyl sites for hydroxylation is 2. The third kappa shape index (κ3) is 5.07. The Morgan fingerprint density at radius 1 is 0.846 bits per heavy atom. The number of halogens is 5. The van der Waals surface area contributed by atoms with Crippen molar-refractivity contribution in [1.29, 1.82) is 0 Å². The summed E-state index contributed by atoms with van der Waals surface area (Å²) in [6.07, 6.45) is 5.65. The van der Waals surface area contributed by atoms with Crippen LogP contribution in [0.4, 0.5) is 4.39 Å². The first kappa shape index (κ1) is 26.3. The Balaban J connectivity index is 1.53. The van der Waals surface area contributed by atoms with Crippen LogP contribution in [0.5, 0.6) is 0 Å². The minimum Gasteiger partial charge on any atom is -0.251 e. The number of aromatic nitrogens is 5. The molecular formula is C29H22Cl4FN5. The zero-order chi connectivity index (χ0) is 27.1. The van der Waals surface area contributed by atoms with E-state index in [1.165, 1.54) is 5.56 Å². The van der Waals surface area contributed by atoms with Gasteiger partial charge < -0.3 is 0 Å². The third-order valence-corrected chi connectivity index (χ3v) is 7.99. The lowest BCUT2D eigenvalue weighted by Crippen LogP contribution is -2.02. The number of hydrogen-bond acceptors (Lipinski definition) is 3. The molecule has 198 valence electrons. The van der Waals surface area contributed by atoms with E-state index in [2.05, 4.69) is 28.5 Å². The predicted octanol–water partition coefficient (Wildman–Crippen LogP) is 8.79. The molecular weight excluding hydrogens is 579 g/mol. The van der Waals surface area contributed by atoms with E-state index in [9.17, 15) is 4.39 Å². The van der Waals surface area contributed by atoms with Gasteiger partial charge in [0.1, 0.15) is 11.4 Å². The summed E-state index contributed by atoms with van der Waals surface area (Å²) in [5.74, 6) is 0. The fourth-order valence-corrected chi connectivity index (χ4v) is 6.10. The molecule has 0 spiro atoms. The van der Waals surface area contributed by atoms with Crippen LogP contribution in [0.3, 0.4) is 0 Å². The molecule has 0 saturated heterocycles. The Morgan fingerprint density at radius 2 is 1.59 bits per heavy atom. The van der Waals surface area contributed by atoms with Crippen LogP contribution in [0.15, 0.2) is 60.8 Å². The smallest absolute Gasteiger partial charge is 0.134 e. The average Bonchev–Trinajstić information content (AvgIpc) is 3.48. The van der Waals surface area contributed by atoms with Gasteiger partial charge in [0.15, 0.2) is 0 Å². The van der Waals surface area contributed by atoms with Gasteiger partial charge in [0.25, 0.3) is 0 Å². The number of hydrogen-bond donors (Lipinski definition) is 0. The molecule has 6 rings (SSSR count). The number of fused-ring (bicyclic) bond motifs is 3. The van der Waals surface area contributed by atoms with E-state index in [-0.39, 0.29) is 6.67 Å². The van der Waals surface area contributed by atoms with Crippen LogP contribution in [0.2, 0.25) is 20.1 Å². The molecule has 0 radical (unpaired) electrons. The molecule has 1 aliphatic rings. The van der Waals surface area contributed by atoms with E-state index in [0.29, 0.717) is 50.0 Å². The molecule has 0 fully saturated rings. The van der Waals surface area contributed by atoms with Crippen LogP contribution in [0.1, 0.15) is 29.5 Å². The van der Waals surface area contributed by atoms with Gasteiger partial charge in [-0.05, 0) is 79.6 Å². The number of rotatable bonds is 6. The summed E-state index contributed by atoms with van der Waals surface area (Å²) in [6.45, 7) is -0.325. The second-order valence-corrected chi connectivity index (χ2v) is 11.2. The van der Waals surface area contributed by atoms with Crippen molar-refractivity contribution in [2.24, 2.45) is 0 Å². The van der Waals surface area contributed by atoms with Crippen molar-refractivity contribution >= 4 is 46.4 Å². The largest absolute Gasteiger partial charge is 0.251 e. The summed E-state index contributed by atoms with van der Waals surface area (Å²) < 4.78 is 16.3. The van der Waals surface area contributed by atoms with E-state index < -0.39 is 0 Å². The summed E-state index contributed by atoms with van der Waals surface area (Å²) in [5.41, 5.74) is 8.15. The van der Waals surface area contributed by atoms with E-state index in [0.717, 1.165) is 47.3 Å². The Morgan fingerprint density at radius 3 is 2.31 bits per heavy atom. The highest BCUT2D eigenvalue weighted by molar-refractivity contribution is 6.36. The topological polar surface area (TPSA) is 48.5 Å². The fraction of sp³-hybridized carbons (Fsp3) is 0.207. The van der Waals surface area contributed by atoms with Gasteiger partial charge in [0.05, 0.1) is 40.0 Å². The van der Waals surface area contributed by atoms with Crippen molar-refractivity contribution in [3.63, 3.8) is 0 Å². The average molecular weight is 601 g/mol. The molecule has 0 bridgehead atoms. The highest BCUT2D eigenvalue weighted by Gasteiger charge is 2.28. The second kappa shape index (κ2) is 10.9. The third-order valence-electron chi connectivity index (χ3n) is 6.91. The van der Waals surface area contributed by atoms with E-state index >= 15 is 0 Å². The quantitative estimate of drug-likeness (QED) is 0.196. The van der Waals surface area contributed by atoms with Gasteiger partial charge >= 0.3 is 0 Å². The summed E-state index contributed by atoms with van der Waals surface area (Å²) in [7, 11) is 0. The molecule has 5 nitrogen and oxygen atoms in total. The Labute approximate surface area is 245 Å². The molecule has 0 aliphatic heterocycles. The van der Waals surface area contributed by atoms with Crippen LogP contribution in [0.25, 0.3) is 34.0 Å².